The van der Waals surface area contributed by atoms with Crippen molar-refractivity contribution in [3.05, 3.63) is 47.5 Å². The van der Waals surface area contributed by atoms with Crippen molar-refractivity contribution in [3.8, 4) is 34.5 Å². The first kappa shape index (κ1) is 31.6. The van der Waals surface area contributed by atoms with Gasteiger partial charge < -0.3 is 37.9 Å². The number of hydrogen-bond donors (Lipinski definition) is 0. The van der Waals surface area contributed by atoms with E-state index in [4.69, 9.17) is 37.9 Å². The van der Waals surface area contributed by atoms with Crippen molar-refractivity contribution in [2.24, 2.45) is 0 Å². The minimum Gasteiger partial charge on any atom is -0.493 e. The van der Waals surface area contributed by atoms with E-state index in [1.165, 1.54) is 54.8 Å². The summed E-state index contributed by atoms with van der Waals surface area (Å²) in [7, 11) is 11.2. The Morgan fingerprint density at radius 3 is 1.51 bits per heavy atom. The second-order valence-electron chi connectivity index (χ2n) is 10.2. The van der Waals surface area contributed by atoms with Crippen LogP contribution in [-0.4, -0.2) is 90.8 Å². The van der Waals surface area contributed by atoms with Crippen molar-refractivity contribution in [1.82, 2.24) is 4.90 Å². The minimum absolute atomic E-state index is 0.0610. The van der Waals surface area contributed by atoms with Gasteiger partial charge in [0, 0.05) is 37.5 Å². The van der Waals surface area contributed by atoms with Crippen molar-refractivity contribution in [3.63, 3.8) is 0 Å². The quantitative estimate of drug-likeness (QED) is 0.260. The van der Waals surface area contributed by atoms with Gasteiger partial charge in [-0.15, -0.1) is 0 Å². The molecular weight excluding hydrogens is 558 g/mol. The van der Waals surface area contributed by atoms with E-state index in [1.54, 1.807) is 36.4 Å². The van der Waals surface area contributed by atoms with Crippen LogP contribution < -0.4 is 28.4 Å². The fourth-order valence-corrected chi connectivity index (χ4v) is 5.71. The molecular formula is C32H39NO10. The van der Waals surface area contributed by atoms with Crippen LogP contribution in [0, 0.1) is 0 Å². The summed E-state index contributed by atoms with van der Waals surface area (Å²) >= 11 is 0. The summed E-state index contributed by atoms with van der Waals surface area (Å²) in [5, 5.41) is 0. The molecule has 0 aromatic heterocycles. The first-order valence-electron chi connectivity index (χ1n) is 13.8. The molecule has 0 N–H and O–H groups in total. The third kappa shape index (κ3) is 7.16. The van der Waals surface area contributed by atoms with Crippen molar-refractivity contribution >= 4 is 24.1 Å². The number of carbonyl (C=O) groups excluding carboxylic acids is 2. The topological polar surface area (TPSA) is 111 Å². The maximum atomic E-state index is 12.8. The molecule has 0 aliphatic carbocycles. The zero-order valence-electron chi connectivity index (χ0n) is 25.6. The molecule has 2 aromatic rings. The highest BCUT2D eigenvalue weighted by atomic mass is 16.6. The van der Waals surface area contributed by atoms with Crippen LogP contribution in [0.15, 0.2) is 36.4 Å². The number of esters is 2. The number of carbonyl (C=O) groups is 2. The summed E-state index contributed by atoms with van der Waals surface area (Å²) < 4.78 is 43.9. The Balaban J connectivity index is 1.36. The summed E-state index contributed by atoms with van der Waals surface area (Å²) in [6, 6.07) is 7.06. The van der Waals surface area contributed by atoms with Gasteiger partial charge in [0.05, 0.1) is 48.7 Å². The molecule has 0 radical (unpaired) electrons. The summed E-state index contributed by atoms with van der Waals surface area (Å²) in [5.41, 5.74) is 1.39. The van der Waals surface area contributed by atoms with Crippen molar-refractivity contribution < 1.29 is 47.5 Å². The van der Waals surface area contributed by atoms with E-state index in [-0.39, 0.29) is 24.3 Å². The van der Waals surface area contributed by atoms with E-state index in [0.717, 1.165) is 0 Å². The van der Waals surface area contributed by atoms with Gasteiger partial charge in [-0.25, -0.2) is 9.59 Å². The molecule has 4 atom stereocenters. The van der Waals surface area contributed by atoms with E-state index in [2.05, 4.69) is 4.90 Å². The molecule has 2 fully saturated rings. The fraction of sp³-hybridized carbons (Fsp3) is 0.438. The van der Waals surface area contributed by atoms with Gasteiger partial charge >= 0.3 is 11.9 Å². The molecule has 0 amide bonds. The van der Waals surface area contributed by atoms with Crippen molar-refractivity contribution in [1.29, 1.82) is 0 Å². The van der Waals surface area contributed by atoms with Crippen LogP contribution >= 0.6 is 0 Å². The number of benzene rings is 2. The standard InChI is InChI=1S/C32H39NO10/c1-33-21-16-22(42-29(34)10-8-19-12-25(36-2)31(40-6)26(13-19)37-3)18-23(33)24(17-21)43-30(35)11-9-20-14-27(38-4)32(41-7)28(15-20)39-5/h8-15,21-24H,16-18H2,1-7H3/b10-8?,11-9+/t21?,22-,23?,24-/m0/s1. The molecule has 11 heteroatoms. The lowest BCUT2D eigenvalue weighted by atomic mass is 10.0. The highest BCUT2D eigenvalue weighted by molar-refractivity contribution is 5.88. The molecule has 0 spiro atoms. The van der Waals surface area contributed by atoms with E-state index in [1.807, 2.05) is 7.05 Å². The monoisotopic (exact) mass is 597 g/mol. The first-order valence-corrected chi connectivity index (χ1v) is 13.8. The number of rotatable bonds is 12. The van der Waals surface area contributed by atoms with Gasteiger partial charge in [0.15, 0.2) is 23.0 Å². The average Bonchev–Trinajstić information content (AvgIpc) is 3.17. The average molecular weight is 598 g/mol. The fourth-order valence-electron chi connectivity index (χ4n) is 5.71. The highest BCUT2D eigenvalue weighted by Gasteiger charge is 2.47. The molecule has 2 saturated heterocycles. The molecule has 0 saturated carbocycles. The Labute approximate surface area is 251 Å². The smallest absolute Gasteiger partial charge is 0.331 e. The first-order chi connectivity index (χ1) is 20.7. The van der Waals surface area contributed by atoms with E-state index in [0.29, 0.717) is 64.9 Å². The second kappa shape index (κ2) is 14.2. The third-order valence-corrected chi connectivity index (χ3v) is 7.82. The van der Waals surface area contributed by atoms with E-state index in [9.17, 15) is 9.59 Å². The van der Waals surface area contributed by atoms with Crippen molar-refractivity contribution in [2.45, 2.75) is 43.6 Å². The molecule has 2 aliphatic rings. The Hall–Kier alpha value is -4.38. The maximum Gasteiger partial charge on any atom is 0.331 e. The van der Waals surface area contributed by atoms with Crippen LogP contribution in [-0.2, 0) is 19.1 Å². The molecule has 11 nitrogen and oxygen atoms in total. The van der Waals surface area contributed by atoms with Crippen LogP contribution in [0.25, 0.3) is 12.2 Å². The van der Waals surface area contributed by atoms with Crippen molar-refractivity contribution in [2.75, 3.05) is 49.7 Å². The van der Waals surface area contributed by atoms with Gasteiger partial charge in [-0.2, -0.15) is 0 Å². The van der Waals surface area contributed by atoms with Crippen LogP contribution in [0.1, 0.15) is 30.4 Å². The molecule has 43 heavy (non-hydrogen) atoms. The maximum absolute atomic E-state index is 12.8. The zero-order chi connectivity index (χ0) is 31.1. The van der Waals surface area contributed by atoms with E-state index < -0.39 is 11.9 Å². The van der Waals surface area contributed by atoms with Gasteiger partial charge in [0.1, 0.15) is 12.2 Å². The summed E-state index contributed by atoms with van der Waals surface area (Å²) in [4.78, 5) is 27.7. The summed E-state index contributed by atoms with van der Waals surface area (Å²) in [6.45, 7) is 0. The van der Waals surface area contributed by atoms with Crippen LogP contribution in [0.3, 0.4) is 0 Å². The summed E-state index contributed by atoms with van der Waals surface area (Å²) in [6.07, 6.45) is 7.33. The normalized spacial score (nSPS) is 21.5. The number of nitrogens with zero attached hydrogens (tertiary/aromatic N) is 1. The molecule has 2 unspecified atom stereocenters. The van der Waals surface area contributed by atoms with Gasteiger partial charge in [-0.1, -0.05) is 0 Å². The Bertz CT molecular complexity index is 1320. The lowest BCUT2D eigenvalue weighted by molar-refractivity contribution is -0.149. The number of ether oxygens (including phenoxy) is 8. The number of likely N-dealkylation sites (N-methyl/N-ethyl adjacent to an activating group) is 1. The van der Waals surface area contributed by atoms with Crippen LogP contribution in [0.4, 0.5) is 0 Å². The molecule has 232 valence electrons. The zero-order valence-corrected chi connectivity index (χ0v) is 25.6. The number of piperidine rings is 1. The molecule has 2 aromatic carbocycles. The van der Waals surface area contributed by atoms with Gasteiger partial charge in [0.2, 0.25) is 11.5 Å². The number of fused-ring (bicyclic) bond motifs is 2. The minimum atomic E-state index is -0.457. The lowest BCUT2D eigenvalue weighted by Gasteiger charge is -2.36. The lowest BCUT2D eigenvalue weighted by Crippen LogP contribution is -2.45. The molecule has 4 rings (SSSR count). The predicted octanol–water partition coefficient (Wildman–Crippen LogP) is 4.15. The summed E-state index contributed by atoms with van der Waals surface area (Å²) in [5.74, 6) is 1.98. The van der Waals surface area contributed by atoms with Crippen LogP contribution in [0.2, 0.25) is 0 Å². The number of hydrogen-bond acceptors (Lipinski definition) is 11. The Morgan fingerprint density at radius 1 is 0.651 bits per heavy atom. The predicted molar refractivity (Wildman–Crippen MR) is 159 cm³/mol. The molecule has 2 bridgehead atoms. The Morgan fingerprint density at radius 2 is 1.09 bits per heavy atom. The largest absolute Gasteiger partial charge is 0.493 e. The Kier molecular flexibility index (Phi) is 10.4. The van der Waals surface area contributed by atoms with Gasteiger partial charge in [-0.05, 0) is 54.6 Å². The highest BCUT2D eigenvalue weighted by Crippen LogP contribution is 2.40. The van der Waals surface area contributed by atoms with Gasteiger partial charge in [-0.3, -0.25) is 4.90 Å². The van der Waals surface area contributed by atoms with Crippen LogP contribution in [0.5, 0.6) is 34.5 Å². The third-order valence-electron chi connectivity index (χ3n) is 7.82. The van der Waals surface area contributed by atoms with Gasteiger partial charge in [0.25, 0.3) is 0 Å². The second-order valence-corrected chi connectivity index (χ2v) is 10.2. The molecule has 2 aliphatic heterocycles. The number of methoxy groups -OCH3 is 6. The molecule has 2 heterocycles. The van der Waals surface area contributed by atoms with E-state index >= 15 is 0 Å². The SMILES string of the molecule is COc1cc(C=CC(=O)O[C@H]2CC3C[C@H](OC(=O)/C=C/c4cc(OC)c(OC)c(OC)c4)C(C2)N3C)cc(OC)c1OC.